The number of hydrogen-bond acceptors (Lipinski definition) is 4. The summed E-state index contributed by atoms with van der Waals surface area (Å²) in [5.74, 6) is 0.697. The highest BCUT2D eigenvalue weighted by molar-refractivity contribution is 5.97. The van der Waals surface area contributed by atoms with Gasteiger partial charge < -0.3 is 15.4 Å². The predicted octanol–water partition coefficient (Wildman–Crippen LogP) is 1.75. The summed E-state index contributed by atoms with van der Waals surface area (Å²) in [7, 11) is 5.79. The van der Waals surface area contributed by atoms with Crippen LogP contribution in [-0.4, -0.2) is 56.0 Å². The summed E-state index contributed by atoms with van der Waals surface area (Å²) >= 11 is 0. The van der Waals surface area contributed by atoms with Crippen LogP contribution in [0.2, 0.25) is 0 Å². The average molecular weight is 292 g/mol. The first kappa shape index (κ1) is 17.5. The Hall–Kier alpha value is -1.59. The van der Waals surface area contributed by atoms with Gasteiger partial charge in [0, 0.05) is 19.1 Å². The normalized spacial score (nSPS) is 12.7. The zero-order valence-corrected chi connectivity index (χ0v) is 13.8. The van der Waals surface area contributed by atoms with Crippen molar-refractivity contribution in [3.05, 3.63) is 29.3 Å². The number of nitrogens with two attached hydrogens (primary N) is 1. The van der Waals surface area contributed by atoms with Gasteiger partial charge in [0.15, 0.2) is 0 Å². The first-order valence-electron chi connectivity index (χ1n) is 7.29. The summed E-state index contributed by atoms with van der Waals surface area (Å²) in [5.41, 5.74) is 7.37. The Bertz CT molecular complexity index is 473. The Labute approximate surface area is 128 Å². The number of methoxy groups -OCH3 is 1. The van der Waals surface area contributed by atoms with Gasteiger partial charge in [-0.2, -0.15) is 0 Å². The summed E-state index contributed by atoms with van der Waals surface area (Å²) in [6, 6.07) is 6.33. The van der Waals surface area contributed by atoms with Gasteiger partial charge in [0.2, 0.25) is 0 Å². The van der Waals surface area contributed by atoms with Crippen molar-refractivity contribution >= 4 is 5.84 Å². The maximum atomic E-state index is 7.55. The number of hydrogen-bond donors (Lipinski definition) is 2. The summed E-state index contributed by atoms with van der Waals surface area (Å²) in [5, 5.41) is 7.55. The van der Waals surface area contributed by atoms with E-state index in [1.54, 1.807) is 7.11 Å². The first-order valence-corrected chi connectivity index (χ1v) is 7.29. The third kappa shape index (κ3) is 5.02. The smallest absolute Gasteiger partial charge is 0.130 e. The molecular weight excluding hydrogens is 264 g/mol. The van der Waals surface area contributed by atoms with Crippen LogP contribution in [0.1, 0.15) is 25.0 Å². The summed E-state index contributed by atoms with van der Waals surface area (Å²) < 4.78 is 5.34. The highest BCUT2D eigenvalue weighted by Gasteiger charge is 2.14. The Morgan fingerprint density at radius 1 is 1.38 bits per heavy atom. The van der Waals surface area contributed by atoms with Gasteiger partial charge in [-0.1, -0.05) is 13.0 Å². The van der Waals surface area contributed by atoms with Crippen LogP contribution in [0.5, 0.6) is 5.75 Å². The van der Waals surface area contributed by atoms with Gasteiger partial charge in [-0.25, -0.2) is 0 Å². The predicted molar refractivity (Wildman–Crippen MR) is 88.1 cm³/mol. The second-order valence-corrected chi connectivity index (χ2v) is 5.62. The number of benzene rings is 1. The van der Waals surface area contributed by atoms with Gasteiger partial charge in [-0.05, 0) is 45.3 Å². The third-order valence-electron chi connectivity index (χ3n) is 3.60. The lowest BCUT2D eigenvalue weighted by molar-refractivity contribution is 0.174. The van der Waals surface area contributed by atoms with E-state index >= 15 is 0 Å². The molecule has 1 atom stereocenters. The van der Waals surface area contributed by atoms with E-state index in [1.165, 1.54) is 5.56 Å². The van der Waals surface area contributed by atoms with Crippen LogP contribution >= 0.6 is 0 Å². The molecule has 0 bridgehead atoms. The summed E-state index contributed by atoms with van der Waals surface area (Å²) in [4.78, 5) is 4.62. The van der Waals surface area contributed by atoms with E-state index in [4.69, 9.17) is 15.9 Å². The molecular formula is C16H28N4O. The number of ether oxygens (including phenoxy) is 1. The van der Waals surface area contributed by atoms with E-state index in [2.05, 4.69) is 37.7 Å². The number of amidine groups is 1. The number of nitrogens with one attached hydrogen (secondary N) is 1. The molecule has 5 nitrogen and oxygen atoms in total. The molecule has 0 spiro atoms. The molecule has 1 unspecified atom stereocenters. The van der Waals surface area contributed by atoms with Crippen molar-refractivity contribution in [3.63, 3.8) is 0 Å². The molecule has 0 aliphatic rings. The maximum Gasteiger partial charge on any atom is 0.130 e. The molecule has 0 aliphatic carbocycles. The van der Waals surface area contributed by atoms with Gasteiger partial charge in [0.1, 0.15) is 11.6 Å². The molecule has 0 radical (unpaired) electrons. The van der Waals surface area contributed by atoms with Gasteiger partial charge >= 0.3 is 0 Å². The monoisotopic (exact) mass is 292 g/mol. The highest BCUT2D eigenvalue weighted by atomic mass is 16.5. The Kier molecular flexibility index (Phi) is 6.65. The first-order chi connectivity index (χ1) is 9.88. The molecule has 1 rings (SSSR count). The van der Waals surface area contributed by atoms with Crippen LogP contribution < -0.4 is 10.5 Å². The molecule has 3 N–H and O–H groups in total. The van der Waals surface area contributed by atoms with Gasteiger partial charge in [0.25, 0.3) is 0 Å². The van der Waals surface area contributed by atoms with Crippen molar-refractivity contribution in [2.75, 3.05) is 34.3 Å². The molecule has 0 aromatic heterocycles. The van der Waals surface area contributed by atoms with Gasteiger partial charge in [-0.15, -0.1) is 0 Å². The molecule has 0 saturated carbocycles. The van der Waals surface area contributed by atoms with E-state index in [1.807, 2.05) is 18.2 Å². The standard InChI is InChI=1S/C16H28N4O/c1-6-20(12(2)10-19(3)4)11-13-7-8-14(16(17)18)15(9-13)21-5/h7-9,12H,6,10-11H2,1-5H3,(H3,17,18). The van der Waals surface area contributed by atoms with Crippen molar-refractivity contribution in [1.82, 2.24) is 9.80 Å². The maximum absolute atomic E-state index is 7.55. The lowest BCUT2D eigenvalue weighted by Crippen LogP contribution is -2.39. The minimum atomic E-state index is 0.0340. The van der Waals surface area contributed by atoms with Crippen LogP contribution in [0.3, 0.4) is 0 Å². The Morgan fingerprint density at radius 3 is 2.52 bits per heavy atom. The van der Waals surface area contributed by atoms with Crippen molar-refractivity contribution in [1.29, 1.82) is 5.41 Å². The van der Waals surface area contributed by atoms with Crippen molar-refractivity contribution in [2.24, 2.45) is 5.73 Å². The average Bonchev–Trinajstić information content (AvgIpc) is 2.43. The van der Waals surface area contributed by atoms with E-state index < -0.39 is 0 Å². The van der Waals surface area contributed by atoms with E-state index in [9.17, 15) is 0 Å². The molecule has 0 amide bonds. The molecule has 0 aliphatic heterocycles. The van der Waals surface area contributed by atoms with Crippen LogP contribution in [0.15, 0.2) is 18.2 Å². The Morgan fingerprint density at radius 2 is 2.05 bits per heavy atom. The van der Waals surface area contributed by atoms with Gasteiger partial charge in [0.05, 0.1) is 12.7 Å². The third-order valence-corrected chi connectivity index (χ3v) is 3.60. The van der Waals surface area contributed by atoms with Crippen LogP contribution in [0.4, 0.5) is 0 Å². The largest absolute Gasteiger partial charge is 0.496 e. The number of likely N-dealkylation sites (N-methyl/N-ethyl adjacent to an activating group) is 2. The number of rotatable bonds is 8. The van der Waals surface area contributed by atoms with E-state index in [0.717, 1.165) is 19.6 Å². The zero-order valence-electron chi connectivity index (χ0n) is 13.8. The molecule has 118 valence electrons. The quantitative estimate of drug-likeness (QED) is 0.566. The van der Waals surface area contributed by atoms with E-state index in [-0.39, 0.29) is 5.84 Å². The van der Waals surface area contributed by atoms with Crippen molar-refractivity contribution in [3.8, 4) is 5.75 Å². The fourth-order valence-electron chi connectivity index (χ4n) is 2.51. The Balaban J connectivity index is 2.88. The topological polar surface area (TPSA) is 65.6 Å². The molecule has 0 heterocycles. The highest BCUT2D eigenvalue weighted by Crippen LogP contribution is 2.21. The molecule has 1 aromatic carbocycles. The van der Waals surface area contributed by atoms with Gasteiger partial charge in [-0.3, -0.25) is 10.3 Å². The molecule has 5 heteroatoms. The molecule has 0 saturated heterocycles. The van der Waals surface area contributed by atoms with Crippen LogP contribution in [0.25, 0.3) is 0 Å². The second kappa shape index (κ2) is 8.00. The molecule has 0 fully saturated rings. The molecule has 1 aromatic rings. The lowest BCUT2D eigenvalue weighted by atomic mass is 10.1. The summed E-state index contributed by atoms with van der Waals surface area (Å²) in [6.07, 6.45) is 0. The van der Waals surface area contributed by atoms with Crippen molar-refractivity contribution in [2.45, 2.75) is 26.4 Å². The van der Waals surface area contributed by atoms with E-state index in [0.29, 0.717) is 17.4 Å². The minimum Gasteiger partial charge on any atom is -0.496 e. The van der Waals surface area contributed by atoms with Crippen molar-refractivity contribution < 1.29 is 4.74 Å². The van der Waals surface area contributed by atoms with Crippen LogP contribution in [-0.2, 0) is 6.54 Å². The number of nitrogen functional groups attached to an aromatic ring is 1. The van der Waals surface area contributed by atoms with Crippen LogP contribution in [0, 0.1) is 5.41 Å². The second-order valence-electron chi connectivity index (χ2n) is 5.62. The SMILES string of the molecule is CCN(Cc1ccc(C(=N)N)c(OC)c1)C(C)CN(C)C. The fourth-order valence-corrected chi connectivity index (χ4v) is 2.51. The minimum absolute atomic E-state index is 0.0340. The molecule has 21 heavy (non-hydrogen) atoms. The lowest BCUT2D eigenvalue weighted by Gasteiger charge is -2.30. The summed E-state index contributed by atoms with van der Waals surface area (Å²) in [6.45, 7) is 7.29. The fraction of sp³-hybridized carbons (Fsp3) is 0.562. The number of nitrogens with zero attached hydrogens (tertiary/aromatic N) is 2. The zero-order chi connectivity index (χ0) is 16.0.